The molecular weight excluding hydrogens is 330 g/mol. The number of rotatable bonds is 7. The van der Waals surface area contributed by atoms with Crippen LogP contribution in [-0.2, 0) is 11.3 Å². The summed E-state index contributed by atoms with van der Waals surface area (Å²) in [6, 6.07) is 4.00. The molecule has 0 aliphatic heterocycles. The molecule has 1 amide bonds. The zero-order chi connectivity index (χ0) is 14.4. The van der Waals surface area contributed by atoms with Crippen molar-refractivity contribution in [1.82, 2.24) is 15.5 Å². The summed E-state index contributed by atoms with van der Waals surface area (Å²) in [6.45, 7) is 4.57. The minimum Gasteiger partial charge on any atom is -0.350 e. The Balaban J connectivity index is 1.80. The zero-order valence-electron chi connectivity index (χ0n) is 11.2. The van der Waals surface area contributed by atoms with Crippen LogP contribution in [0.2, 0.25) is 0 Å². The SMILES string of the molecule is CCSc1nnc(S[C@H](C)C(=O)NCc2cccs2)s1. The van der Waals surface area contributed by atoms with Gasteiger partial charge in [-0.25, -0.2) is 0 Å². The van der Waals surface area contributed by atoms with Crippen molar-refractivity contribution in [1.29, 1.82) is 0 Å². The molecule has 0 bridgehead atoms. The largest absolute Gasteiger partial charge is 0.350 e. The molecule has 1 atom stereocenters. The van der Waals surface area contributed by atoms with Crippen LogP contribution in [0.5, 0.6) is 0 Å². The van der Waals surface area contributed by atoms with Crippen LogP contribution < -0.4 is 5.32 Å². The third-order valence-electron chi connectivity index (χ3n) is 2.32. The molecule has 2 heterocycles. The first-order valence-corrected chi connectivity index (χ1v) is 9.68. The predicted molar refractivity (Wildman–Crippen MR) is 87.8 cm³/mol. The van der Waals surface area contributed by atoms with Crippen LogP contribution >= 0.6 is 46.2 Å². The van der Waals surface area contributed by atoms with Crippen molar-refractivity contribution in [3.63, 3.8) is 0 Å². The smallest absolute Gasteiger partial charge is 0.233 e. The summed E-state index contributed by atoms with van der Waals surface area (Å²) in [5.74, 6) is 1.01. The molecular formula is C12H15N3OS4. The van der Waals surface area contributed by atoms with E-state index in [0.29, 0.717) is 6.54 Å². The van der Waals surface area contributed by atoms with E-state index in [4.69, 9.17) is 0 Å². The summed E-state index contributed by atoms with van der Waals surface area (Å²) in [6.07, 6.45) is 0. The predicted octanol–water partition coefficient (Wildman–Crippen LogP) is 3.51. The summed E-state index contributed by atoms with van der Waals surface area (Å²) in [5, 5.41) is 13.0. The average molecular weight is 346 g/mol. The first-order chi connectivity index (χ1) is 9.69. The van der Waals surface area contributed by atoms with E-state index in [2.05, 4.69) is 22.4 Å². The standard InChI is InChI=1S/C12H15N3OS4/c1-3-17-11-14-15-12(20-11)19-8(2)10(16)13-7-9-5-4-6-18-9/h4-6,8H,3,7H2,1-2H3,(H,13,16)/t8-/m1/s1. The summed E-state index contributed by atoms with van der Waals surface area (Å²) in [5.41, 5.74) is 0. The number of amides is 1. The number of nitrogens with one attached hydrogen (secondary N) is 1. The van der Waals surface area contributed by atoms with Crippen LogP contribution in [0.25, 0.3) is 0 Å². The topological polar surface area (TPSA) is 54.9 Å². The highest BCUT2D eigenvalue weighted by Gasteiger charge is 2.17. The van der Waals surface area contributed by atoms with Gasteiger partial charge in [-0.1, -0.05) is 47.9 Å². The van der Waals surface area contributed by atoms with Gasteiger partial charge in [0.15, 0.2) is 8.68 Å². The second-order valence-electron chi connectivity index (χ2n) is 3.82. The Bertz CT molecular complexity index is 541. The summed E-state index contributed by atoms with van der Waals surface area (Å²) in [7, 11) is 0. The Labute approximate surface area is 134 Å². The van der Waals surface area contributed by atoms with Crippen LogP contribution in [0, 0.1) is 0 Å². The van der Waals surface area contributed by atoms with Crippen LogP contribution in [0.4, 0.5) is 0 Å². The highest BCUT2D eigenvalue weighted by atomic mass is 32.2. The van der Waals surface area contributed by atoms with E-state index >= 15 is 0 Å². The van der Waals surface area contributed by atoms with Gasteiger partial charge in [0.25, 0.3) is 0 Å². The third kappa shape index (κ3) is 4.76. The lowest BCUT2D eigenvalue weighted by atomic mass is 10.4. The molecule has 0 aliphatic rings. The van der Waals surface area contributed by atoms with Crippen molar-refractivity contribution >= 4 is 52.1 Å². The molecule has 0 radical (unpaired) electrons. The summed E-state index contributed by atoms with van der Waals surface area (Å²) < 4.78 is 1.81. The van der Waals surface area contributed by atoms with E-state index in [1.54, 1.807) is 34.4 Å². The van der Waals surface area contributed by atoms with Gasteiger partial charge in [-0.2, -0.15) is 0 Å². The molecule has 1 N–H and O–H groups in total. The van der Waals surface area contributed by atoms with E-state index in [0.717, 1.165) is 19.3 Å². The van der Waals surface area contributed by atoms with E-state index in [1.807, 2.05) is 24.4 Å². The summed E-state index contributed by atoms with van der Waals surface area (Å²) in [4.78, 5) is 13.2. The van der Waals surface area contributed by atoms with Gasteiger partial charge >= 0.3 is 0 Å². The van der Waals surface area contributed by atoms with E-state index in [-0.39, 0.29) is 11.2 Å². The van der Waals surface area contributed by atoms with Crippen molar-refractivity contribution in [2.45, 2.75) is 34.3 Å². The van der Waals surface area contributed by atoms with Crippen LogP contribution in [0.1, 0.15) is 18.7 Å². The van der Waals surface area contributed by atoms with Gasteiger partial charge in [0, 0.05) is 4.88 Å². The maximum absolute atomic E-state index is 12.0. The average Bonchev–Trinajstić information content (AvgIpc) is 3.08. The molecule has 2 rings (SSSR count). The molecule has 0 saturated carbocycles. The second-order valence-corrected chi connectivity index (χ2v) is 8.93. The number of aromatic nitrogens is 2. The van der Waals surface area contributed by atoms with Crippen molar-refractivity contribution in [3.8, 4) is 0 Å². The minimum atomic E-state index is -0.164. The highest BCUT2D eigenvalue weighted by Crippen LogP contribution is 2.31. The number of hydrogen-bond donors (Lipinski definition) is 1. The van der Waals surface area contributed by atoms with Gasteiger partial charge in [0.2, 0.25) is 5.91 Å². The maximum atomic E-state index is 12.0. The Morgan fingerprint density at radius 3 is 2.95 bits per heavy atom. The molecule has 0 unspecified atom stereocenters. The van der Waals surface area contributed by atoms with Gasteiger partial charge in [0.05, 0.1) is 11.8 Å². The molecule has 2 aromatic heterocycles. The Morgan fingerprint density at radius 2 is 2.25 bits per heavy atom. The quantitative estimate of drug-likeness (QED) is 0.778. The maximum Gasteiger partial charge on any atom is 0.233 e. The Kier molecular flexibility index (Phi) is 6.34. The van der Waals surface area contributed by atoms with Gasteiger partial charge < -0.3 is 5.32 Å². The first-order valence-electron chi connectivity index (χ1n) is 6.12. The van der Waals surface area contributed by atoms with Gasteiger partial charge in [0.1, 0.15) is 0 Å². The van der Waals surface area contributed by atoms with Gasteiger partial charge in [-0.15, -0.1) is 21.5 Å². The lowest BCUT2D eigenvalue weighted by Gasteiger charge is -2.09. The molecule has 8 heteroatoms. The highest BCUT2D eigenvalue weighted by molar-refractivity contribution is 8.03. The van der Waals surface area contributed by atoms with Crippen molar-refractivity contribution in [2.75, 3.05) is 5.75 Å². The number of carbonyl (C=O) groups excluding carboxylic acids is 1. The summed E-state index contributed by atoms with van der Waals surface area (Å²) >= 11 is 6.32. The molecule has 108 valence electrons. The minimum absolute atomic E-state index is 0.0308. The number of nitrogens with zero attached hydrogens (tertiary/aromatic N) is 2. The van der Waals surface area contributed by atoms with Crippen molar-refractivity contribution < 1.29 is 4.79 Å². The fourth-order valence-electron chi connectivity index (χ4n) is 1.36. The first kappa shape index (κ1) is 15.8. The fraction of sp³-hybridized carbons (Fsp3) is 0.417. The Hall–Kier alpha value is -0.570. The van der Waals surface area contributed by atoms with E-state index in [1.165, 1.54) is 11.8 Å². The van der Waals surface area contributed by atoms with E-state index < -0.39 is 0 Å². The molecule has 0 aliphatic carbocycles. The molecule has 4 nitrogen and oxygen atoms in total. The molecule has 0 saturated heterocycles. The number of thiophene rings is 1. The number of carbonyl (C=O) groups is 1. The normalized spacial score (nSPS) is 12.3. The van der Waals surface area contributed by atoms with Crippen LogP contribution in [0.3, 0.4) is 0 Å². The molecule has 0 fully saturated rings. The third-order valence-corrected chi connectivity index (χ3v) is 6.32. The Morgan fingerprint density at radius 1 is 1.45 bits per heavy atom. The van der Waals surface area contributed by atoms with Gasteiger partial charge in [-0.3, -0.25) is 4.79 Å². The number of hydrogen-bond acceptors (Lipinski definition) is 7. The van der Waals surface area contributed by atoms with Crippen molar-refractivity contribution in [3.05, 3.63) is 22.4 Å². The van der Waals surface area contributed by atoms with Gasteiger partial charge in [-0.05, 0) is 24.1 Å². The number of thioether (sulfide) groups is 2. The second kappa shape index (κ2) is 8.02. The zero-order valence-corrected chi connectivity index (χ0v) is 14.4. The lowest BCUT2D eigenvalue weighted by molar-refractivity contribution is -0.120. The molecule has 20 heavy (non-hydrogen) atoms. The van der Waals surface area contributed by atoms with Crippen LogP contribution in [0.15, 0.2) is 26.2 Å². The molecule has 0 aromatic carbocycles. The fourth-order valence-corrected chi connectivity index (χ4v) is 5.09. The van der Waals surface area contributed by atoms with Crippen LogP contribution in [-0.4, -0.2) is 27.1 Å². The molecule has 0 spiro atoms. The van der Waals surface area contributed by atoms with E-state index in [9.17, 15) is 4.79 Å². The van der Waals surface area contributed by atoms with Crippen molar-refractivity contribution in [2.24, 2.45) is 0 Å². The lowest BCUT2D eigenvalue weighted by Crippen LogP contribution is -2.30. The molecule has 2 aromatic rings. The monoisotopic (exact) mass is 345 g/mol.